The van der Waals surface area contributed by atoms with Crippen molar-refractivity contribution in [3.05, 3.63) is 0 Å². The van der Waals surface area contributed by atoms with E-state index in [2.05, 4.69) is 0 Å². The van der Waals surface area contributed by atoms with Crippen LogP contribution in [0.1, 0.15) is 45.4 Å². The molecule has 0 unspecified atom stereocenters. The lowest BCUT2D eigenvalue weighted by molar-refractivity contribution is -0.123. The van der Waals surface area contributed by atoms with Crippen LogP contribution < -0.4 is 0 Å². The number of ketones is 2. The van der Waals surface area contributed by atoms with Crippen molar-refractivity contribution in [2.75, 3.05) is 331 Å². The fourth-order valence-electron chi connectivity index (χ4n) is 6.75. The van der Waals surface area contributed by atoms with Gasteiger partial charge in [-0.1, -0.05) is 6.92 Å². The van der Waals surface area contributed by atoms with Crippen molar-refractivity contribution in [2.45, 2.75) is 45.4 Å². The summed E-state index contributed by atoms with van der Waals surface area (Å²) in [5.41, 5.74) is 0. The van der Waals surface area contributed by atoms with Gasteiger partial charge in [0.15, 0.2) is 0 Å². The number of rotatable bonds is 81. The average Bonchev–Trinajstić information content (AvgIpc) is 3.53. The SMILES string of the molecule is COCCCC(=O)CC[C@H](C)C(=O)CCCOCCOCCOCCOCCOCCOCCOCCOCCOCCOCCOCCOCCOCCOCCOCCOCCOCCOCCOCCOCCOCCOCCOCCOC. The van der Waals surface area contributed by atoms with E-state index in [0.29, 0.717) is 349 Å². The highest BCUT2D eigenvalue weighted by atomic mass is 16.6. The molecule has 27 nitrogen and oxygen atoms in total. The van der Waals surface area contributed by atoms with E-state index >= 15 is 0 Å². The highest BCUT2D eigenvalue weighted by Crippen LogP contribution is 2.12. The van der Waals surface area contributed by atoms with Gasteiger partial charge in [-0.05, 0) is 19.3 Å². The number of Topliss-reactive ketones (excluding diaryl/α,β-unsaturated/α-hetero) is 2. The van der Waals surface area contributed by atoms with Crippen LogP contribution in [0.4, 0.5) is 0 Å². The lowest BCUT2D eigenvalue weighted by atomic mass is 9.95. The van der Waals surface area contributed by atoms with Gasteiger partial charge in [0.1, 0.15) is 11.6 Å². The van der Waals surface area contributed by atoms with E-state index in [1.807, 2.05) is 6.92 Å². The molecular formula is C60H118O27. The summed E-state index contributed by atoms with van der Waals surface area (Å²) in [6.07, 6.45) is 3.41. The normalized spacial score (nSPS) is 12.1. The summed E-state index contributed by atoms with van der Waals surface area (Å²) in [4.78, 5) is 24.2. The maximum absolute atomic E-state index is 12.3. The third kappa shape index (κ3) is 76.7. The molecule has 520 valence electrons. The second-order valence-electron chi connectivity index (χ2n) is 18.7. The number of ether oxygens (including phenoxy) is 25. The van der Waals surface area contributed by atoms with Crippen LogP contribution >= 0.6 is 0 Å². The van der Waals surface area contributed by atoms with Crippen LogP contribution in [0.2, 0.25) is 0 Å². The Kier molecular flexibility index (Phi) is 77.1. The number of methoxy groups -OCH3 is 2. The van der Waals surface area contributed by atoms with E-state index in [0.717, 1.165) is 6.42 Å². The van der Waals surface area contributed by atoms with Gasteiger partial charge < -0.3 is 118 Å². The number of hydrogen-bond acceptors (Lipinski definition) is 27. The van der Waals surface area contributed by atoms with Gasteiger partial charge in [-0.25, -0.2) is 0 Å². The average molecular weight is 1270 g/mol. The maximum Gasteiger partial charge on any atom is 0.135 e. The van der Waals surface area contributed by atoms with Crippen molar-refractivity contribution >= 4 is 11.6 Å². The Hall–Kier alpha value is -1.66. The minimum Gasteiger partial charge on any atom is -0.385 e. The summed E-state index contributed by atoms with van der Waals surface area (Å²) >= 11 is 0. The zero-order valence-corrected chi connectivity index (χ0v) is 53.8. The standard InChI is InChI=1S/C60H118O27/c1-58(8-9-59(61)6-4-10-63-2)60(62)7-5-11-65-14-15-67-18-19-69-22-23-71-26-27-73-30-31-75-34-35-77-38-39-79-42-43-81-46-47-83-50-51-85-54-55-87-57-56-86-53-52-84-49-48-82-45-44-80-41-40-78-37-36-76-33-32-74-29-28-72-25-24-70-21-20-68-17-16-66-13-12-64-3/h58H,4-57H2,1-3H3/t58-/m0/s1. The molecule has 0 aliphatic heterocycles. The summed E-state index contributed by atoms with van der Waals surface area (Å²) in [7, 11) is 3.27. The van der Waals surface area contributed by atoms with Crippen molar-refractivity contribution in [2.24, 2.45) is 5.92 Å². The molecule has 0 heterocycles. The van der Waals surface area contributed by atoms with Crippen LogP contribution in [0.25, 0.3) is 0 Å². The zero-order chi connectivity index (χ0) is 62.6. The molecule has 0 aliphatic rings. The summed E-state index contributed by atoms with van der Waals surface area (Å²) in [6, 6.07) is 0. The van der Waals surface area contributed by atoms with E-state index in [9.17, 15) is 9.59 Å². The fraction of sp³-hybridized carbons (Fsp3) is 0.967. The lowest BCUT2D eigenvalue weighted by Gasteiger charge is -2.10. The van der Waals surface area contributed by atoms with E-state index in [1.54, 1.807) is 14.2 Å². The van der Waals surface area contributed by atoms with E-state index in [1.165, 1.54) is 0 Å². The summed E-state index contributed by atoms with van der Waals surface area (Å²) in [5.74, 6) is 0.259. The molecular weight excluding hydrogens is 1150 g/mol. The van der Waals surface area contributed by atoms with Crippen molar-refractivity contribution in [1.29, 1.82) is 0 Å². The predicted molar refractivity (Wildman–Crippen MR) is 319 cm³/mol. The molecule has 0 saturated carbocycles. The minimum atomic E-state index is -0.109. The highest BCUT2D eigenvalue weighted by molar-refractivity contribution is 5.82. The van der Waals surface area contributed by atoms with Gasteiger partial charge in [0.2, 0.25) is 0 Å². The molecule has 0 radical (unpaired) electrons. The van der Waals surface area contributed by atoms with Gasteiger partial charge >= 0.3 is 0 Å². The highest BCUT2D eigenvalue weighted by Gasteiger charge is 2.14. The van der Waals surface area contributed by atoms with Gasteiger partial charge in [-0.15, -0.1) is 0 Å². The van der Waals surface area contributed by atoms with Crippen LogP contribution in [0.3, 0.4) is 0 Å². The van der Waals surface area contributed by atoms with Crippen LogP contribution in [0.5, 0.6) is 0 Å². The molecule has 0 aromatic heterocycles. The van der Waals surface area contributed by atoms with Crippen LogP contribution in [0, 0.1) is 5.92 Å². The Balaban J connectivity index is 3.13. The van der Waals surface area contributed by atoms with Gasteiger partial charge in [0.05, 0.1) is 304 Å². The molecule has 0 aromatic rings. The minimum absolute atomic E-state index is 0.109. The first-order chi connectivity index (χ1) is 43.1. The maximum atomic E-state index is 12.3. The topological polar surface area (TPSA) is 265 Å². The first-order valence-electron chi connectivity index (χ1n) is 31.4. The lowest BCUT2D eigenvalue weighted by Crippen LogP contribution is -2.16. The molecule has 1 atom stereocenters. The van der Waals surface area contributed by atoms with Gasteiger partial charge in [0, 0.05) is 52.6 Å². The zero-order valence-electron chi connectivity index (χ0n) is 53.8. The first-order valence-corrected chi connectivity index (χ1v) is 31.4. The molecule has 0 N–H and O–H groups in total. The van der Waals surface area contributed by atoms with Crippen molar-refractivity contribution in [3.8, 4) is 0 Å². The van der Waals surface area contributed by atoms with Gasteiger partial charge in [-0.2, -0.15) is 0 Å². The van der Waals surface area contributed by atoms with Crippen molar-refractivity contribution in [1.82, 2.24) is 0 Å². The third-order valence-electron chi connectivity index (χ3n) is 11.5. The van der Waals surface area contributed by atoms with Gasteiger partial charge in [-0.3, -0.25) is 9.59 Å². The van der Waals surface area contributed by atoms with Crippen LogP contribution in [-0.2, 0) is 128 Å². The molecule has 0 spiro atoms. The van der Waals surface area contributed by atoms with E-state index < -0.39 is 0 Å². The molecule has 87 heavy (non-hydrogen) atoms. The van der Waals surface area contributed by atoms with Crippen LogP contribution in [0.15, 0.2) is 0 Å². The fourth-order valence-corrected chi connectivity index (χ4v) is 6.75. The molecule has 0 saturated heterocycles. The molecule has 0 bridgehead atoms. The Morgan fingerprint density at radius 3 is 0.552 bits per heavy atom. The quantitative estimate of drug-likeness (QED) is 0.0793. The summed E-state index contributed by atoms with van der Waals surface area (Å²) < 4.78 is 136. The van der Waals surface area contributed by atoms with E-state index in [-0.39, 0.29) is 17.5 Å². The largest absolute Gasteiger partial charge is 0.385 e. The van der Waals surface area contributed by atoms with Gasteiger partial charge in [0.25, 0.3) is 0 Å². The second kappa shape index (κ2) is 78.6. The van der Waals surface area contributed by atoms with Crippen molar-refractivity contribution < 1.29 is 128 Å². The Morgan fingerprint density at radius 1 is 0.207 bits per heavy atom. The Labute approximate surface area is 520 Å². The molecule has 0 rings (SSSR count). The predicted octanol–water partition coefficient (Wildman–Crippen LogP) is 2.78. The Morgan fingerprint density at radius 2 is 0.368 bits per heavy atom. The molecule has 0 aromatic carbocycles. The number of hydrogen-bond donors (Lipinski definition) is 0. The Bertz CT molecular complexity index is 1300. The summed E-state index contributed by atoms with van der Waals surface area (Å²) in [6.45, 7) is 25.6. The van der Waals surface area contributed by atoms with Crippen LogP contribution in [-0.4, -0.2) is 343 Å². The number of carbonyl (C=O) groups excluding carboxylic acids is 2. The molecule has 0 amide bonds. The molecule has 27 heteroatoms. The van der Waals surface area contributed by atoms with Crippen molar-refractivity contribution in [3.63, 3.8) is 0 Å². The number of carbonyl (C=O) groups is 2. The monoisotopic (exact) mass is 1270 g/mol. The summed E-state index contributed by atoms with van der Waals surface area (Å²) in [5, 5.41) is 0. The molecule has 0 fully saturated rings. The second-order valence-corrected chi connectivity index (χ2v) is 18.7. The van der Waals surface area contributed by atoms with E-state index in [4.69, 9.17) is 118 Å². The first kappa shape index (κ1) is 85.3. The smallest absolute Gasteiger partial charge is 0.135 e. The third-order valence-corrected chi connectivity index (χ3v) is 11.5. The molecule has 0 aliphatic carbocycles.